The van der Waals surface area contributed by atoms with E-state index in [2.05, 4.69) is 42.5 Å². The van der Waals surface area contributed by atoms with Crippen LogP contribution in [0.2, 0.25) is 0 Å². The fraction of sp³-hybridized carbons (Fsp3) is 0.588. The summed E-state index contributed by atoms with van der Waals surface area (Å²) in [5.41, 5.74) is 3.51. The molecule has 3 nitrogen and oxygen atoms in total. The van der Waals surface area contributed by atoms with E-state index in [1.54, 1.807) is 0 Å². The van der Waals surface area contributed by atoms with Crippen LogP contribution in [-0.4, -0.2) is 28.3 Å². The molecule has 1 aromatic heterocycles. The number of imidazole rings is 1. The van der Waals surface area contributed by atoms with Gasteiger partial charge >= 0.3 is 0 Å². The normalized spacial score (nSPS) is 23.9. The van der Waals surface area contributed by atoms with Crippen LogP contribution in [0.15, 0.2) is 23.4 Å². The first-order chi connectivity index (χ1) is 10.3. The van der Waals surface area contributed by atoms with Crippen LogP contribution in [-0.2, 0) is 0 Å². The number of nitrogens with zero attached hydrogens (tertiary/aromatic N) is 1. The second kappa shape index (κ2) is 6.84. The molecule has 0 radical (unpaired) electrons. The molecule has 0 spiro atoms. The Kier molecular flexibility index (Phi) is 4.86. The third-order valence-electron chi connectivity index (χ3n) is 4.45. The van der Waals surface area contributed by atoms with Crippen molar-refractivity contribution in [2.45, 2.75) is 61.9 Å². The average molecular weight is 303 g/mol. The van der Waals surface area contributed by atoms with Crippen molar-refractivity contribution in [1.29, 1.82) is 0 Å². The fourth-order valence-electron chi connectivity index (χ4n) is 3.22. The first kappa shape index (κ1) is 14.9. The quantitative estimate of drug-likeness (QED) is 0.889. The maximum Gasteiger partial charge on any atom is 0.166 e. The Morgan fingerprint density at radius 1 is 1.19 bits per heavy atom. The minimum Gasteiger partial charge on any atom is -0.333 e. The summed E-state index contributed by atoms with van der Waals surface area (Å²) >= 11 is 1.92. The molecule has 1 aliphatic carbocycles. The van der Waals surface area contributed by atoms with Gasteiger partial charge in [-0.15, -0.1) is 0 Å². The van der Waals surface area contributed by atoms with E-state index in [4.69, 9.17) is 4.98 Å². The Morgan fingerprint density at radius 3 is 2.81 bits per heavy atom. The van der Waals surface area contributed by atoms with Gasteiger partial charge in [0.2, 0.25) is 0 Å². The molecule has 2 atom stereocenters. The van der Waals surface area contributed by atoms with Gasteiger partial charge in [0.05, 0.1) is 11.0 Å². The molecule has 1 saturated carbocycles. The molecule has 1 fully saturated rings. The molecule has 0 amide bonds. The number of hydrogen-bond donors (Lipinski definition) is 2. The number of thioether (sulfide) groups is 1. The number of aromatic nitrogens is 2. The van der Waals surface area contributed by atoms with Crippen LogP contribution in [0.5, 0.6) is 0 Å². The number of aromatic amines is 1. The molecule has 4 heteroatoms. The molecule has 1 aliphatic rings. The molecule has 1 aromatic carbocycles. The zero-order valence-corrected chi connectivity index (χ0v) is 13.8. The minimum absolute atomic E-state index is 0.602. The van der Waals surface area contributed by atoms with Gasteiger partial charge in [0.15, 0.2) is 5.16 Å². The van der Waals surface area contributed by atoms with Gasteiger partial charge in [0.1, 0.15) is 0 Å². The van der Waals surface area contributed by atoms with Crippen LogP contribution in [0.1, 0.15) is 44.1 Å². The lowest BCUT2D eigenvalue weighted by Crippen LogP contribution is -2.36. The average Bonchev–Trinajstić information content (AvgIpc) is 2.84. The largest absolute Gasteiger partial charge is 0.333 e. The van der Waals surface area contributed by atoms with Crippen molar-refractivity contribution in [3.05, 3.63) is 23.8 Å². The Labute approximate surface area is 131 Å². The highest BCUT2D eigenvalue weighted by molar-refractivity contribution is 7.99. The molecule has 2 N–H and O–H groups in total. The lowest BCUT2D eigenvalue weighted by Gasteiger charge is -2.27. The van der Waals surface area contributed by atoms with Gasteiger partial charge in [-0.3, -0.25) is 0 Å². The van der Waals surface area contributed by atoms with E-state index in [0.717, 1.165) is 16.2 Å². The summed E-state index contributed by atoms with van der Waals surface area (Å²) in [7, 11) is 2.10. The first-order valence-electron chi connectivity index (χ1n) is 8.06. The molecule has 21 heavy (non-hydrogen) atoms. The van der Waals surface area contributed by atoms with Crippen LogP contribution in [0, 0.1) is 6.92 Å². The highest BCUT2D eigenvalue weighted by Crippen LogP contribution is 2.32. The summed E-state index contributed by atoms with van der Waals surface area (Å²) in [6, 6.07) is 7.02. The summed E-state index contributed by atoms with van der Waals surface area (Å²) in [4.78, 5) is 8.24. The van der Waals surface area contributed by atoms with Gasteiger partial charge < -0.3 is 10.3 Å². The van der Waals surface area contributed by atoms with E-state index in [1.807, 2.05) is 11.8 Å². The fourth-order valence-corrected chi connectivity index (χ4v) is 4.55. The standard InChI is InChI=1S/C17H25N3S/c1-12-9-10-13-15(11-12)20-17(19-13)21-16-8-6-4-3-5-7-14(16)18-2/h9-11,14,16,18H,3-8H2,1-2H3,(H,19,20). The maximum atomic E-state index is 4.75. The van der Waals surface area contributed by atoms with Crippen molar-refractivity contribution in [2.24, 2.45) is 0 Å². The predicted molar refractivity (Wildman–Crippen MR) is 91.0 cm³/mol. The molecular formula is C17H25N3S. The third-order valence-corrected chi connectivity index (χ3v) is 5.74. The molecule has 0 bridgehead atoms. The van der Waals surface area contributed by atoms with Crippen LogP contribution in [0.25, 0.3) is 11.0 Å². The van der Waals surface area contributed by atoms with Gasteiger partial charge in [0.25, 0.3) is 0 Å². The van der Waals surface area contributed by atoms with Gasteiger partial charge in [-0.25, -0.2) is 4.98 Å². The number of aryl methyl sites for hydroxylation is 1. The Balaban J connectivity index is 1.77. The molecular weight excluding hydrogens is 278 g/mol. The summed E-state index contributed by atoms with van der Waals surface area (Å²) in [6.45, 7) is 2.12. The Bertz CT molecular complexity index is 593. The van der Waals surface area contributed by atoms with E-state index in [1.165, 1.54) is 44.1 Å². The molecule has 2 aromatic rings. The predicted octanol–water partition coefficient (Wildman–Crippen LogP) is 4.27. The summed E-state index contributed by atoms with van der Waals surface area (Å²) < 4.78 is 0. The van der Waals surface area contributed by atoms with Crippen LogP contribution in [0.4, 0.5) is 0 Å². The first-order valence-corrected chi connectivity index (χ1v) is 8.94. The highest BCUT2D eigenvalue weighted by atomic mass is 32.2. The lowest BCUT2D eigenvalue weighted by molar-refractivity contribution is 0.420. The molecule has 1 heterocycles. The van der Waals surface area contributed by atoms with E-state index in [9.17, 15) is 0 Å². The Hall–Kier alpha value is -1.00. The lowest BCUT2D eigenvalue weighted by atomic mass is 9.96. The van der Waals surface area contributed by atoms with Crippen molar-refractivity contribution in [3.8, 4) is 0 Å². The SMILES string of the molecule is CNC1CCCCCCC1Sc1nc2ccc(C)cc2[nH]1. The van der Waals surface area contributed by atoms with E-state index < -0.39 is 0 Å². The molecule has 2 unspecified atom stereocenters. The smallest absolute Gasteiger partial charge is 0.166 e. The van der Waals surface area contributed by atoms with E-state index in [0.29, 0.717) is 11.3 Å². The zero-order valence-electron chi connectivity index (χ0n) is 13.0. The monoisotopic (exact) mass is 303 g/mol. The van der Waals surface area contributed by atoms with Crippen LogP contribution in [0.3, 0.4) is 0 Å². The second-order valence-corrected chi connectivity index (χ2v) is 7.33. The minimum atomic E-state index is 0.602. The summed E-state index contributed by atoms with van der Waals surface area (Å²) in [5, 5.41) is 5.22. The molecule has 0 saturated heterocycles. The van der Waals surface area contributed by atoms with E-state index in [-0.39, 0.29) is 0 Å². The zero-order chi connectivity index (χ0) is 14.7. The number of nitrogens with one attached hydrogen (secondary N) is 2. The topological polar surface area (TPSA) is 40.7 Å². The van der Waals surface area contributed by atoms with Gasteiger partial charge in [-0.1, -0.05) is 43.5 Å². The van der Waals surface area contributed by atoms with Gasteiger partial charge in [-0.2, -0.15) is 0 Å². The Morgan fingerprint density at radius 2 is 2.00 bits per heavy atom. The van der Waals surface area contributed by atoms with Crippen molar-refractivity contribution in [3.63, 3.8) is 0 Å². The van der Waals surface area contributed by atoms with Gasteiger partial charge in [-0.05, 0) is 44.5 Å². The van der Waals surface area contributed by atoms with Crippen molar-refractivity contribution < 1.29 is 0 Å². The summed E-state index contributed by atoms with van der Waals surface area (Å²) in [6.07, 6.45) is 8.03. The number of fused-ring (bicyclic) bond motifs is 1. The van der Waals surface area contributed by atoms with Crippen molar-refractivity contribution >= 4 is 22.8 Å². The van der Waals surface area contributed by atoms with Crippen LogP contribution >= 0.6 is 11.8 Å². The summed E-state index contributed by atoms with van der Waals surface area (Å²) in [5.74, 6) is 0. The molecule has 114 valence electrons. The van der Waals surface area contributed by atoms with Gasteiger partial charge in [0, 0.05) is 11.3 Å². The third kappa shape index (κ3) is 3.61. The van der Waals surface area contributed by atoms with Crippen LogP contribution < -0.4 is 5.32 Å². The number of H-pyrrole nitrogens is 1. The number of benzene rings is 1. The van der Waals surface area contributed by atoms with Crippen molar-refractivity contribution in [1.82, 2.24) is 15.3 Å². The maximum absolute atomic E-state index is 4.75. The number of rotatable bonds is 3. The molecule has 0 aliphatic heterocycles. The van der Waals surface area contributed by atoms with Crippen molar-refractivity contribution in [2.75, 3.05) is 7.05 Å². The highest BCUT2D eigenvalue weighted by Gasteiger charge is 2.23. The molecule has 3 rings (SSSR count). The number of hydrogen-bond acceptors (Lipinski definition) is 3. The van der Waals surface area contributed by atoms with E-state index >= 15 is 0 Å². The second-order valence-electron chi connectivity index (χ2n) is 6.11.